The van der Waals surface area contributed by atoms with Crippen LogP contribution in [0.4, 0.5) is 13.2 Å². The standard InChI is InChI=1S/C14H12ClF3N2O/c1-2-5-10-12(19-8-20-13(10)15)9-6-3-4-7-11(9)21-14(16,17)18/h3-4,6-8H,2,5H2,1H3. The molecule has 0 aliphatic rings. The number of para-hydroxylation sites is 1. The van der Waals surface area contributed by atoms with Gasteiger partial charge in [0.1, 0.15) is 17.2 Å². The lowest BCUT2D eigenvalue weighted by Gasteiger charge is -2.15. The molecule has 2 rings (SSSR count). The smallest absolute Gasteiger partial charge is 0.405 e. The highest BCUT2D eigenvalue weighted by atomic mass is 35.5. The fourth-order valence-corrected chi connectivity index (χ4v) is 2.20. The third-order valence-electron chi connectivity index (χ3n) is 2.76. The van der Waals surface area contributed by atoms with Gasteiger partial charge in [0.15, 0.2) is 0 Å². The summed E-state index contributed by atoms with van der Waals surface area (Å²) in [5, 5.41) is 0.240. The van der Waals surface area contributed by atoms with Crippen molar-refractivity contribution in [1.29, 1.82) is 0 Å². The maximum Gasteiger partial charge on any atom is 0.573 e. The van der Waals surface area contributed by atoms with Gasteiger partial charge in [-0.05, 0) is 18.6 Å². The van der Waals surface area contributed by atoms with Gasteiger partial charge in [0.25, 0.3) is 0 Å². The minimum atomic E-state index is -4.77. The summed E-state index contributed by atoms with van der Waals surface area (Å²) in [6.45, 7) is 1.94. The Morgan fingerprint density at radius 3 is 2.57 bits per heavy atom. The molecule has 112 valence electrons. The van der Waals surface area contributed by atoms with Gasteiger partial charge < -0.3 is 4.74 Å². The monoisotopic (exact) mass is 316 g/mol. The molecular weight excluding hydrogens is 305 g/mol. The number of rotatable bonds is 4. The van der Waals surface area contributed by atoms with E-state index in [9.17, 15) is 13.2 Å². The molecule has 0 saturated carbocycles. The first-order chi connectivity index (χ1) is 9.92. The van der Waals surface area contributed by atoms with Gasteiger partial charge in [-0.1, -0.05) is 37.1 Å². The van der Waals surface area contributed by atoms with E-state index in [0.717, 1.165) is 6.42 Å². The lowest BCUT2D eigenvalue weighted by molar-refractivity contribution is -0.274. The summed E-state index contributed by atoms with van der Waals surface area (Å²) in [6, 6.07) is 5.84. The number of hydrogen-bond donors (Lipinski definition) is 0. The Labute approximate surface area is 124 Å². The van der Waals surface area contributed by atoms with E-state index in [2.05, 4.69) is 14.7 Å². The first-order valence-corrected chi connectivity index (χ1v) is 6.64. The molecule has 3 nitrogen and oxygen atoms in total. The first kappa shape index (κ1) is 15.6. The summed E-state index contributed by atoms with van der Waals surface area (Å²) in [5.41, 5.74) is 1.21. The van der Waals surface area contributed by atoms with Crippen LogP contribution in [0.5, 0.6) is 5.75 Å². The van der Waals surface area contributed by atoms with Crippen molar-refractivity contribution in [3.8, 4) is 17.0 Å². The SMILES string of the molecule is CCCc1c(Cl)ncnc1-c1ccccc1OC(F)(F)F. The number of alkyl halides is 3. The molecule has 0 radical (unpaired) electrons. The molecule has 7 heteroatoms. The van der Waals surface area contributed by atoms with Crippen molar-refractivity contribution < 1.29 is 17.9 Å². The van der Waals surface area contributed by atoms with Gasteiger partial charge in [0, 0.05) is 11.1 Å². The third-order valence-corrected chi connectivity index (χ3v) is 3.09. The minimum Gasteiger partial charge on any atom is -0.405 e. The van der Waals surface area contributed by atoms with Crippen molar-refractivity contribution in [2.75, 3.05) is 0 Å². The normalized spacial score (nSPS) is 11.5. The van der Waals surface area contributed by atoms with E-state index in [-0.39, 0.29) is 16.5 Å². The number of aromatic nitrogens is 2. The lowest BCUT2D eigenvalue weighted by Crippen LogP contribution is -2.17. The summed E-state index contributed by atoms with van der Waals surface area (Å²) < 4.78 is 41.5. The van der Waals surface area contributed by atoms with Crippen LogP contribution in [0.15, 0.2) is 30.6 Å². The van der Waals surface area contributed by atoms with Crippen LogP contribution in [-0.2, 0) is 6.42 Å². The van der Waals surface area contributed by atoms with Crippen molar-refractivity contribution in [3.05, 3.63) is 41.3 Å². The van der Waals surface area contributed by atoms with E-state index >= 15 is 0 Å². The number of nitrogens with zero attached hydrogens (tertiary/aromatic N) is 2. The fourth-order valence-electron chi connectivity index (χ4n) is 1.97. The van der Waals surface area contributed by atoms with E-state index in [4.69, 9.17) is 11.6 Å². The predicted molar refractivity (Wildman–Crippen MR) is 73.2 cm³/mol. The second-order valence-electron chi connectivity index (χ2n) is 4.29. The molecule has 0 fully saturated rings. The average Bonchev–Trinajstić information content (AvgIpc) is 2.40. The van der Waals surface area contributed by atoms with Gasteiger partial charge in [0.05, 0.1) is 5.69 Å². The predicted octanol–water partition coefficient (Wildman–Crippen LogP) is 4.65. The van der Waals surface area contributed by atoms with Crippen LogP contribution in [0.25, 0.3) is 11.3 Å². The molecule has 0 atom stereocenters. The van der Waals surface area contributed by atoms with Crippen LogP contribution < -0.4 is 4.74 Å². The molecule has 21 heavy (non-hydrogen) atoms. The molecule has 1 aromatic carbocycles. The Balaban J connectivity index is 2.55. The van der Waals surface area contributed by atoms with Crippen LogP contribution in [0.2, 0.25) is 5.15 Å². The summed E-state index contributed by atoms with van der Waals surface area (Å²) in [5.74, 6) is -0.308. The summed E-state index contributed by atoms with van der Waals surface area (Å²) in [7, 11) is 0. The van der Waals surface area contributed by atoms with Crippen molar-refractivity contribution >= 4 is 11.6 Å². The lowest BCUT2D eigenvalue weighted by atomic mass is 10.0. The first-order valence-electron chi connectivity index (χ1n) is 6.27. The Morgan fingerprint density at radius 1 is 1.19 bits per heavy atom. The molecule has 2 aromatic rings. The van der Waals surface area contributed by atoms with E-state index in [0.29, 0.717) is 17.7 Å². The second kappa shape index (κ2) is 6.30. The third kappa shape index (κ3) is 3.85. The van der Waals surface area contributed by atoms with Crippen LogP contribution in [0, 0.1) is 0 Å². The number of halogens is 4. The molecule has 0 spiro atoms. The zero-order valence-corrected chi connectivity index (χ0v) is 11.9. The van der Waals surface area contributed by atoms with E-state index in [1.54, 1.807) is 6.07 Å². The highest BCUT2D eigenvalue weighted by molar-refractivity contribution is 6.30. The van der Waals surface area contributed by atoms with Crippen LogP contribution in [-0.4, -0.2) is 16.3 Å². The van der Waals surface area contributed by atoms with Gasteiger partial charge in [-0.2, -0.15) is 0 Å². The molecule has 1 heterocycles. The fraction of sp³-hybridized carbons (Fsp3) is 0.286. The maximum absolute atomic E-state index is 12.5. The van der Waals surface area contributed by atoms with Crippen molar-refractivity contribution in [2.45, 2.75) is 26.1 Å². The average molecular weight is 317 g/mol. The highest BCUT2D eigenvalue weighted by Crippen LogP contribution is 2.35. The van der Waals surface area contributed by atoms with Crippen molar-refractivity contribution in [3.63, 3.8) is 0 Å². The zero-order valence-electron chi connectivity index (χ0n) is 11.1. The minimum absolute atomic E-state index is 0.238. The number of hydrogen-bond acceptors (Lipinski definition) is 3. The quantitative estimate of drug-likeness (QED) is 0.770. The Kier molecular flexibility index (Phi) is 4.67. The molecule has 0 N–H and O–H groups in total. The van der Waals surface area contributed by atoms with Crippen LogP contribution >= 0.6 is 11.6 Å². The van der Waals surface area contributed by atoms with Crippen LogP contribution in [0.1, 0.15) is 18.9 Å². The maximum atomic E-state index is 12.5. The van der Waals surface area contributed by atoms with Gasteiger partial charge in [-0.15, -0.1) is 13.2 Å². The number of benzene rings is 1. The Morgan fingerprint density at radius 2 is 1.90 bits per heavy atom. The molecule has 0 aliphatic carbocycles. The number of ether oxygens (including phenoxy) is 1. The molecule has 0 saturated heterocycles. The zero-order chi connectivity index (χ0) is 15.5. The van der Waals surface area contributed by atoms with Gasteiger partial charge >= 0.3 is 6.36 Å². The van der Waals surface area contributed by atoms with Gasteiger partial charge in [0.2, 0.25) is 0 Å². The second-order valence-corrected chi connectivity index (χ2v) is 4.64. The molecule has 0 unspecified atom stereocenters. The molecule has 0 aliphatic heterocycles. The molecule has 0 amide bonds. The summed E-state index contributed by atoms with van der Waals surface area (Å²) >= 11 is 6.03. The Hall–Kier alpha value is -1.82. The topological polar surface area (TPSA) is 35.0 Å². The van der Waals surface area contributed by atoms with E-state index < -0.39 is 6.36 Å². The van der Waals surface area contributed by atoms with Crippen LogP contribution in [0.3, 0.4) is 0 Å². The van der Waals surface area contributed by atoms with E-state index in [1.165, 1.54) is 24.5 Å². The van der Waals surface area contributed by atoms with E-state index in [1.807, 2.05) is 6.92 Å². The Bertz CT molecular complexity index is 632. The van der Waals surface area contributed by atoms with Gasteiger partial charge in [-0.3, -0.25) is 0 Å². The largest absolute Gasteiger partial charge is 0.573 e. The highest BCUT2D eigenvalue weighted by Gasteiger charge is 2.32. The molecule has 1 aromatic heterocycles. The molecule has 0 bridgehead atoms. The van der Waals surface area contributed by atoms with Crippen molar-refractivity contribution in [2.24, 2.45) is 0 Å². The summed E-state index contributed by atoms with van der Waals surface area (Å²) in [6.07, 6.45) is -2.21. The van der Waals surface area contributed by atoms with Gasteiger partial charge in [-0.25, -0.2) is 9.97 Å². The molecular formula is C14H12ClF3N2O. The summed E-state index contributed by atoms with van der Waals surface area (Å²) in [4.78, 5) is 7.96. The van der Waals surface area contributed by atoms with Crippen molar-refractivity contribution in [1.82, 2.24) is 9.97 Å².